The van der Waals surface area contributed by atoms with Crippen molar-refractivity contribution >= 4 is 11.1 Å². The molecule has 3 aliphatic carbocycles. The van der Waals surface area contributed by atoms with Gasteiger partial charge in [0.25, 0.3) is 0 Å². The fourth-order valence-corrected chi connectivity index (χ4v) is 7.78. The number of rotatable bonds is 10. The highest BCUT2D eigenvalue weighted by atomic mass is 14.4. The van der Waals surface area contributed by atoms with Crippen molar-refractivity contribution in [1.82, 2.24) is 0 Å². The first-order chi connectivity index (χ1) is 22.9. The lowest BCUT2D eigenvalue weighted by molar-refractivity contribution is 0.252. The highest BCUT2D eigenvalue weighted by Crippen LogP contribution is 2.44. The molecule has 0 radical (unpaired) electrons. The van der Waals surface area contributed by atoms with Crippen molar-refractivity contribution in [2.45, 2.75) is 64.2 Å². The maximum absolute atomic E-state index is 5.90. The van der Waals surface area contributed by atoms with E-state index >= 15 is 0 Å². The van der Waals surface area contributed by atoms with Crippen LogP contribution >= 0.6 is 0 Å². The smallest absolute Gasteiger partial charge is 0.0318 e. The first kappa shape index (κ1) is 32.2. The predicted octanol–water partition coefficient (Wildman–Crippen LogP) is 11.5. The summed E-state index contributed by atoms with van der Waals surface area (Å²) < 4.78 is 0. The molecule has 0 spiro atoms. The van der Waals surface area contributed by atoms with Gasteiger partial charge in [0.15, 0.2) is 0 Å². The lowest BCUT2D eigenvalue weighted by Gasteiger charge is -2.36. The van der Waals surface area contributed by atoms with Gasteiger partial charge in [-0.1, -0.05) is 135 Å². The lowest BCUT2D eigenvalue weighted by Crippen LogP contribution is -2.23. The fourth-order valence-electron chi connectivity index (χ4n) is 7.78. The van der Waals surface area contributed by atoms with Gasteiger partial charge in [0, 0.05) is 23.5 Å². The molecule has 2 unspecified atom stereocenters. The van der Waals surface area contributed by atoms with Crippen LogP contribution in [0.25, 0.3) is 11.1 Å². The maximum Gasteiger partial charge on any atom is 0.0318 e. The van der Waals surface area contributed by atoms with E-state index in [-0.39, 0.29) is 0 Å². The van der Waals surface area contributed by atoms with E-state index in [0.717, 1.165) is 42.4 Å². The van der Waals surface area contributed by atoms with Gasteiger partial charge in [0.2, 0.25) is 0 Å². The molecular weight excluding hydrogens is 565 g/mol. The Morgan fingerprint density at radius 3 is 2.32 bits per heavy atom. The Morgan fingerprint density at radius 1 is 0.872 bits per heavy atom. The first-order valence-corrected chi connectivity index (χ1v) is 17.3. The summed E-state index contributed by atoms with van der Waals surface area (Å²) in [6.45, 7) is 11.1. The Morgan fingerprint density at radius 2 is 1.64 bits per heavy atom. The molecule has 3 aromatic rings. The summed E-state index contributed by atoms with van der Waals surface area (Å²) >= 11 is 0. The molecule has 0 nitrogen and oxygen atoms in total. The predicted molar refractivity (Wildman–Crippen MR) is 202 cm³/mol. The zero-order valence-electron chi connectivity index (χ0n) is 27.9. The molecular formula is C47H46. The largest absolute Gasteiger partial charge is 0.115 e. The van der Waals surface area contributed by atoms with E-state index in [1.54, 1.807) is 0 Å². The summed E-state index contributed by atoms with van der Waals surface area (Å²) in [5, 5.41) is 0. The van der Waals surface area contributed by atoms with Gasteiger partial charge in [-0.2, -0.15) is 0 Å². The summed E-state index contributed by atoms with van der Waals surface area (Å²) in [7, 11) is 0. The van der Waals surface area contributed by atoms with Gasteiger partial charge >= 0.3 is 0 Å². The van der Waals surface area contributed by atoms with Crippen molar-refractivity contribution < 1.29 is 0 Å². The second-order valence-electron chi connectivity index (χ2n) is 13.8. The van der Waals surface area contributed by atoms with Crippen LogP contribution in [0.4, 0.5) is 0 Å². The molecule has 0 heteroatoms. The van der Waals surface area contributed by atoms with E-state index in [1.165, 1.54) is 70.2 Å². The van der Waals surface area contributed by atoms with E-state index in [1.807, 2.05) is 6.08 Å². The maximum atomic E-state index is 5.90. The summed E-state index contributed by atoms with van der Waals surface area (Å²) in [4.78, 5) is 0. The molecule has 0 heterocycles. The van der Waals surface area contributed by atoms with E-state index in [9.17, 15) is 0 Å². The van der Waals surface area contributed by atoms with Gasteiger partial charge in [-0.25, -0.2) is 0 Å². The molecule has 2 atom stereocenters. The van der Waals surface area contributed by atoms with Crippen LogP contribution in [0, 0.1) is 42.4 Å². The standard InChI is InChI=1S/C47H46/c1-6-36-16-24-45(31-36)46-32-39(19-21-40(46)7-2)30-38-17-22-42(23-18-38)47(34(4)13-15-37-11-9-8-10-12-37)43-27-25-41(26-28-43)44-20-14-33(3)35(5)29-44/h1-2,8-12,14,16,19-21,24-29,32,35,38,42,47H,3-4,13,15,17-18,22-23,30-31H2,5H3. The van der Waals surface area contributed by atoms with Gasteiger partial charge in [0.05, 0.1) is 0 Å². The van der Waals surface area contributed by atoms with Crippen LogP contribution in [0.3, 0.4) is 0 Å². The van der Waals surface area contributed by atoms with Crippen LogP contribution in [0.5, 0.6) is 0 Å². The summed E-state index contributed by atoms with van der Waals surface area (Å²) in [5.74, 6) is 7.71. The third-order valence-electron chi connectivity index (χ3n) is 10.6. The molecule has 0 aromatic heterocycles. The number of allylic oxidation sites excluding steroid dienone is 10. The van der Waals surface area contributed by atoms with Crippen LogP contribution in [-0.2, 0) is 12.8 Å². The average molecular weight is 611 g/mol. The van der Waals surface area contributed by atoms with Gasteiger partial charge in [-0.3, -0.25) is 0 Å². The monoisotopic (exact) mass is 610 g/mol. The van der Waals surface area contributed by atoms with Crippen molar-refractivity contribution in [2.24, 2.45) is 17.8 Å². The average Bonchev–Trinajstić information content (AvgIpc) is 3.60. The molecule has 3 aliphatic rings. The third kappa shape index (κ3) is 7.62. The van der Waals surface area contributed by atoms with Gasteiger partial charge < -0.3 is 0 Å². The Balaban J connectivity index is 1.16. The third-order valence-corrected chi connectivity index (χ3v) is 10.6. The van der Waals surface area contributed by atoms with Crippen molar-refractivity contribution in [3.63, 3.8) is 0 Å². The molecule has 1 saturated carbocycles. The molecule has 6 rings (SSSR count). The highest BCUT2D eigenvalue weighted by Gasteiger charge is 2.30. The minimum atomic E-state index is 0.371. The van der Waals surface area contributed by atoms with Crippen molar-refractivity contribution in [3.8, 4) is 24.7 Å². The molecule has 3 aromatic carbocycles. The molecule has 0 amide bonds. The van der Waals surface area contributed by atoms with Crippen molar-refractivity contribution in [2.75, 3.05) is 0 Å². The lowest BCUT2D eigenvalue weighted by atomic mass is 9.69. The van der Waals surface area contributed by atoms with Crippen molar-refractivity contribution in [3.05, 3.63) is 166 Å². The van der Waals surface area contributed by atoms with Crippen LogP contribution in [0.2, 0.25) is 0 Å². The minimum Gasteiger partial charge on any atom is -0.115 e. The fraction of sp³-hybridized carbons (Fsp3) is 0.277. The van der Waals surface area contributed by atoms with Gasteiger partial charge in [0.1, 0.15) is 0 Å². The normalized spacial score (nSPS) is 21.2. The van der Waals surface area contributed by atoms with Crippen molar-refractivity contribution in [1.29, 1.82) is 0 Å². The summed E-state index contributed by atoms with van der Waals surface area (Å²) in [6, 6.07) is 26.9. The molecule has 0 aliphatic heterocycles. The van der Waals surface area contributed by atoms with Gasteiger partial charge in [-0.15, -0.1) is 12.8 Å². The molecule has 47 heavy (non-hydrogen) atoms. The SMILES string of the molecule is C#CC1=CC=C(c2cc(CC3CCC(C(C(=C)CCc4ccccc4)c4ccc(C5=CC(C)C(=C)C=C5)cc4)CC3)ccc2C#C)C1. The highest BCUT2D eigenvalue weighted by molar-refractivity contribution is 5.78. The molecule has 1 fully saturated rings. The van der Waals surface area contributed by atoms with Crippen LogP contribution < -0.4 is 0 Å². The Hall–Kier alpha value is -4.78. The number of benzene rings is 3. The quantitative estimate of drug-likeness (QED) is 0.158. The van der Waals surface area contributed by atoms with Crippen LogP contribution in [-0.4, -0.2) is 0 Å². The zero-order valence-corrected chi connectivity index (χ0v) is 27.9. The molecule has 234 valence electrons. The minimum absolute atomic E-state index is 0.371. The Bertz CT molecular complexity index is 1830. The van der Waals surface area contributed by atoms with Crippen LogP contribution in [0.15, 0.2) is 133 Å². The molecule has 0 bridgehead atoms. The second kappa shape index (κ2) is 14.8. The number of terminal acetylenes is 2. The topological polar surface area (TPSA) is 0 Å². The second-order valence-corrected chi connectivity index (χ2v) is 13.8. The Kier molecular flexibility index (Phi) is 10.1. The van der Waals surface area contributed by atoms with E-state index in [2.05, 4.69) is 122 Å². The van der Waals surface area contributed by atoms with E-state index in [0.29, 0.717) is 23.7 Å². The van der Waals surface area contributed by atoms with Crippen LogP contribution in [0.1, 0.15) is 84.7 Å². The first-order valence-electron chi connectivity index (χ1n) is 17.3. The Labute approximate surface area is 283 Å². The van der Waals surface area contributed by atoms with E-state index < -0.39 is 0 Å². The summed E-state index contributed by atoms with van der Waals surface area (Å²) in [6.07, 6.45) is 31.3. The number of aryl methyl sites for hydroxylation is 1. The van der Waals surface area contributed by atoms with E-state index in [4.69, 9.17) is 19.4 Å². The number of hydrogen-bond donors (Lipinski definition) is 0. The molecule has 0 N–H and O–H groups in total. The molecule has 0 saturated heterocycles. The summed E-state index contributed by atoms with van der Waals surface area (Å²) in [5.41, 5.74) is 13.6. The number of hydrogen-bond acceptors (Lipinski definition) is 0. The van der Waals surface area contributed by atoms with Gasteiger partial charge in [-0.05, 0) is 113 Å². The zero-order chi connectivity index (χ0) is 32.8.